The number of nitrogens with one attached hydrogen (secondary N) is 2. The fraction of sp³-hybridized carbons (Fsp3) is 0.238. The van der Waals surface area contributed by atoms with Crippen LogP contribution < -0.4 is 14.8 Å². The summed E-state index contributed by atoms with van der Waals surface area (Å²) in [6.07, 6.45) is -0.117. The van der Waals surface area contributed by atoms with E-state index < -0.39 is 12.1 Å². The molecule has 7 nitrogen and oxygen atoms in total. The molecule has 1 aliphatic carbocycles. The summed E-state index contributed by atoms with van der Waals surface area (Å²) in [5, 5.41) is 20.0. The van der Waals surface area contributed by atoms with Gasteiger partial charge < -0.3 is 19.9 Å². The van der Waals surface area contributed by atoms with Gasteiger partial charge in [0.15, 0.2) is 11.5 Å². The van der Waals surface area contributed by atoms with E-state index in [1.165, 1.54) is 0 Å². The van der Waals surface area contributed by atoms with E-state index in [0.29, 0.717) is 23.6 Å². The topological polar surface area (TPSA) is 96.5 Å². The fourth-order valence-corrected chi connectivity index (χ4v) is 3.41. The van der Waals surface area contributed by atoms with Gasteiger partial charge in [0.25, 0.3) is 5.91 Å². The molecule has 1 amide bonds. The van der Waals surface area contributed by atoms with Crippen LogP contribution in [-0.4, -0.2) is 34.4 Å². The van der Waals surface area contributed by atoms with E-state index in [-0.39, 0.29) is 18.2 Å². The molecule has 3 N–H and O–H groups in total. The van der Waals surface area contributed by atoms with E-state index in [0.717, 1.165) is 11.1 Å². The Labute approximate surface area is 162 Å². The highest BCUT2D eigenvalue weighted by Crippen LogP contribution is 2.31. The molecule has 1 aliphatic rings. The number of aromatic nitrogens is 2. The normalized spacial score (nSPS) is 17.8. The summed E-state index contributed by atoms with van der Waals surface area (Å²) in [6.45, 7) is 0.218. The molecule has 0 bridgehead atoms. The molecule has 0 fully saturated rings. The molecule has 3 aromatic rings. The van der Waals surface area contributed by atoms with Gasteiger partial charge in [0.05, 0.1) is 24.9 Å². The summed E-state index contributed by atoms with van der Waals surface area (Å²) in [5.74, 6) is 0.894. The van der Waals surface area contributed by atoms with Crippen molar-refractivity contribution in [2.45, 2.75) is 25.2 Å². The van der Waals surface area contributed by atoms with Crippen LogP contribution in [0.2, 0.25) is 0 Å². The maximum absolute atomic E-state index is 12.6. The molecule has 144 valence electrons. The minimum Gasteiger partial charge on any atom is -0.493 e. The van der Waals surface area contributed by atoms with Crippen LogP contribution in [-0.2, 0) is 13.0 Å². The number of nitrogens with zero attached hydrogens (tertiary/aromatic N) is 1. The number of H-pyrrole nitrogens is 1. The Bertz CT molecular complexity index is 985. The van der Waals surface area contributed by atoms with Gasteiger partial charge in [-0.25, -0.2) is 0 Å². The Morgan fingerprint density at radius 1 is 1.21 bits per heavy atom. The van der Waals surface area contributed by atoms with Gasteiger partial charge >= 0.3 is 0 Å². The lowest BCUT2D eigenvalue weighted by atomic mass is 10.1. The quantitative estimate of drug-likeness (QED) is 0.611. The molecule has 0 aliphatic heterocycles. The molecular weight excluding hydrogens is 358 g/mol. The molecule has 0 spiro atoms. The smallest absolute Gasteiger partial charge is 0.272 e. The van der Waals surface area contributed by atoms with E-state index in [1.54, 1.807) is 13.2 Å². The number of rotatable bonds is 6. The highest BCUT2D eigenvalue weighted by Gasteiger charge is 2.32. The Balaban J connectivity index is 1.41. The van der Waals surface area contributed by atoms with E-state index in [9.17, 15) is 9.90 Å². The van der Waals surface area contributed by atoms with Crippen molar-refractivity contribution in [3.63, 3.8) is 0 Å². The number of aliphatic hydroxyl groups excluding tert-OH is 1. The number of ether oxygens (including phenoxy) is 2. The average molecular weight is 379 g/mol. The van der Waals surface area contributed by atoms with E-state index in [4.69, 9.17) is 9.47 Å². The van der Waals surface area contributed by atoms with Crippen molar-refractivity contribution >= 4 is 5.91 Å². The third kappa shape index (κ3) is 3.57. The zero-order valence-corrected chi connectivity index (χ0v) is 15.4. The van der Waals surface area contributed by atoms with Gasteiger partial charge in [-0.15, -0.1) is 0 Å². The number of amides is 1. The first-order valence-electron chi connectivity index (χ1n) is 9.02. The second kappa shape index (κ2) is 7.74. The zero-order valence-electron chi connectivity index (χ0n) is 15.4. The van der Waals surface area contributed by atoms with Crippen LogP contribution in [0.15, 0.2) is 54.6 Å². The number of aromatic amines is 1. The SMILES string of the molecule is COc1ccccc1OCc1cc(C(=O)N[C@@H]2c3ccccc3C[C@@H]2O)n[nH]1. The maximum Gasteiger partial charge on any atom is 0.272 e. The third-order valence-electron chi connectivity index (χ3n) is 4.81. The lowest BCUT2D eigenvalue weighted by molar-refractivity contribution is 0.0853. The summed E-state index contributed by atoms with van der Waals surface area (Å²) < 4.78 is 11.0. The highest BCUT2D eigenvalue weighted by molar-refractivity contribution is 5.92. The molecule has 0 unspecified atom stereocenters. The Kier molecular flexibility index (Phi) is 4.99. The number of carbonyl (C=O) groups is 1. The van der Waals surface area contributed by atoms with Crippen LogP contribution in [0.4, 0.5) is 0 Å². The minimum absolute atomic E-state index is 0.218. The van der Waals surface area contributed by atoms with Gasteiger partial charge in [-0.3, -0.25) is 9.89 Å². The molecule has 4 rings (SSSR count). The molecule has 1 aromatic heterocycles. The number of fused-ring (bicyclic) bond motifs is 1. The number of methoxy groups -OCH3 is 1. The van der Waals surface area contributed by atoms with Crippen molar-refractivity contribution in [1.29, 1.82) is 0 Å². The molecule has 0 radical (unpaired) electrons. The van der Waals surface area contributed by atoms with Crippen LogP contribution in [0.5, 0.6) is 11.5 Å². The van der Waals surface area contributed by atoms with Crippen LogP contribution in [0.25, 0.3) is 0 Å². The number of benzene rings is 2. The van der Waals surface area contributed by atoms with E-state index >= 15 is 0 Å². The standard InChI is InChI=1S/C21H21N3O4/c1-27-18-8-4-5-9-19(18)28-12-14-11-16(24-23-14)21(26)22-20-15-7-3-2-6-13(15)10-17(20)25/h2-9,11,17,20,25H,10,12H2,1H3,(H,22,26)(H,23,24)/t17-,20+/m0/s1. The number of hydrogen-bond acceptors (Lipinski definition) is 5. The van der Waals surface area contributed by atoms with Gasteiger partial charge in [0, 0.05) is 6.42 Å². The van der Waals surface area contributed by atoms with Gasteiger partial charge in [-0.05, 0) is 29.3 Å². The molecule has 0 saturated carbocycles. The number of para-hydroxylation sites is 2. The van der Waals surface area contributed by atoms with Crippen molar-refractivity contribution in [2.24, 2.45) is 0 Å². The van der Waals surface area contributed by atoms with Gasteiger partial charge in [-0.2, -0.15) is 5.10 Å². The largest absolute Gasteiger partial charge is 0.493 e. The first-order valence-corrected chi connectivity index (χ1v) is 9.02. The second-order valence-electron chi connectivity index (χ2n) is 6.64. The molecule has 0 saturated heterocycles. The van der Waals surface area contributed by atoms with Crippen LogP contribution in [0, 0.1) is 0 Å². The van der Waals surface area contributed by atoms with Gasteiger partial charge in [0.2, 0.25) is 0 Å². The first-order chi connectivity index (χ1) is 13.7. The van der Waals surface area contributed by atoms with Crippen molar-refractivity contribution in [2.75, 3.05) is 7.11 Å². The summed E-state index contributed by atoms with van der Waals surface area (Å²) >= 11 is 0. The number of carbonyl (C=O) groups excluding carboxylic acids is 1. The molecule has 28 heavy (non-hydrogen) atoms. The monoisotopic (exact) mass is 379 g/mol. The molecule has 2 aromatic carbocycles. The number of hydrogen-bond donors (Lipinski definition) is 3. The van der Waals surface area contributed by atoms with Crippen molar-refractivity contribution in [3.8, 4) is 11.5 Å². The van der Waals surface area contributed by atoms with Crippen LogP contribution in [0.1, 0.15) is 33.4 Å². The van der Waals surface area contributed by atoms with Gasteiger partial charge in [-0.1, -0.05) is 36.4 Å². The van der Waals surface area contributed by atoms with Crippen molar-refractivity contribution in [3.05, 3.63) is 77.1 Å². The predicted octanol–water partition coefficient (Wildman–Crippen LogP) is 2.39. The van der Waals surface area contributed by atoms with Gasteiger partial charge in [0.1, 0.15) is 12.3 Å². The maximum atomic E-state index is 12.6. The summed E-state index contributed by atoms with van der Waals surface area (Å²) in [5.41, 5.74) is 2.89. The predicted molar refractivity (Wildman–Crippen MR) is 102 cm³/mol. The van der Waals surface area contributed by atoms with Crippen LogP contribution in [0.3, 0.4) is 0 Å². The van der Waals surface area contributed by atoms with Crippen molar-refractivity contribution < 1.29 is 19.4 Å². The fourth-order valence-electron chi connectivity index (χ4n) is 3.41. The summed E-state index contributed by atoms with van der Waals surface area (Å²) in [4.78, 5) is 12.6. The lowest BCUT2D eigenvalue weighted by Gasteiger charge is -2.17. The molecular formula is C21H21N3O4. The first kappa shape index (κ1) is 18.1. The Morgan fingerprint density at radius 3 is 2.79 bits per heavy atom. The molecule has 1 heterocycles. The van der Waals surface area contributed by atoms with E-state index in [2.05, 4.69) is 15.5 Å². The third-order valence-corrected chi connectivity index (χ3v) is 4.81. The second-order valence-corrected chi connectivity index (χ2v) is 6.64. The lowest BCUT2D eigenvalue weighted by Crippen LogP contribution is -2.34. The minimum atomic E-state index is -0.645. The Hall–Kier alpha value is -3.32. The summed E-state index contributed by atoms with van der Waals surface area (Å²) in [6, 6.07) is 16.3. The molecule has 7 heteroatoms. The molecule has 2 atom stereocenters. The summed E-state index contributed by atoms with van der Waals surface area (Å²) in [7, 11) is 1.58. The van der Waals surface area contributed by atoms with E-state index in [1.807, 2.05) is 48.5 Å². The van der Waals surface area contributed by atoms with Crippen molar-refractivity contribution in [1.82, 2.24) is 15.5 Å². The average Bonchev–Trinajstić information content (AvgIpc) is 3.31. The zero-order chi connectivity index (χ0) is 19.5. The van der Waals surface area contributed by atoms with Crippen LogP contribution >= 0.6 is 0 Å². The highest BCUT2D eigenvalue weighted by atomic mass is 16.5. The Morgan fingerprint density at radius 2 is 1.96 bits per heavy atom. The number of aliphatic hydroxyl groups is 1.